The maximum atomic E-state index is 10.6. The van der Waals surface area contributed by atoms with Crippen molar-refractivity contribution in [2.45, 2.75) is 19.3 Å². The fourth-order valence-corrected chi connectivity index (χ4v) is 1.61. The molecule has 1 radical (unpaired) electrons. The molecule has 0 aromatic carbocycles. The molecule has 11 heavy (non-hydrogen) atoms. The Morgan fingerprint density at radius 3 is 3.00 bits per heavy atom. The molecule has 1 heterocycles. The van der Waals surface area contributed by atoms with Crippen LogP contribution in [-0.2, 0) is 4.79 Å². The van der Waals surface area contributed by atoms with Gasteiger partial charge in [0, 0.05) is 5.38 Å². The van der Waals surface area contributed by atoms with Crippen LogP contribution in [0.1, 0.15) is 24.8 Å². The van der Waals surface area contributed by atoms with Gasteiger partial charge in [-0.25, -0.2) is 0 Å². The number of aliphatic carboxylic acids is 1. The van der Waals surface area contributed by atoms with Crippen LogP contribution in [0.25, 0.3) is 0 Å². The van der Waals surface area contributed by atoms with Crippen molar-refractivity contribution in [3.05, 3.63) is 22.4 Å². The minimum absolute atomic E-state index is 0.350. The zero-order valence-electron chi connectivity index (χ0n) is 6.20. The monoisotopic (exact) mass is 169 g/mol. The molecule has 0 aliphatic rings. The van der Waals surface area contributed by atoms with Crippen molar-refractivity contribution in [3.8, 4) is 0 Å². The minimum Gasteiger partial charge on any atom is -0.481 e. The van der Waals surface area contributed by atoms with Crippen molar-refractivity contribution in [1.29, 1.82) is 0 Å². The van der Waals surface area contributed by atoms with E-state index in [2.05, 4.69) is 5.38 Å². The summed E-state index contributed by atoms with van der Waals surface area (Å²) in [7, 11) is 0. The van der Waals surface area contributed by atoms with Crippen molar-refractivity contribution in [3.63, 3.8) is 0 Å². The molecule has 1 N–H and O–H groups in total. The van der Waals surface area contributed by atoms with E-state index < -0.39 is 5.97 Å². The summed E-state index contributed by atoms with van der Waals surface area (Å²) in [5.41, 5.74) is 0.866. The molecular weight excluding hydrogens is 160 g/mol. The molecule has 2 nitrogen and oxygen atoms in total. The number of hydrogen-bond donors (Lipinski definition) is 1. The number of thiophene rings is 1. The van der Waals surface area contributed by atoms with Crippen molar-refractivity contribution in [2.24, 2.45) is 0 Å². The molecule has 0 spiro atoms. The number of hydrogen-bond acceptors (Lipinski definition) is 2. The Kier molecular flexibility index (Phi) is 2.65. The van der Waals surface area contributed by atoms with E-state index in [1.54, 1.807) is 6.07 Å². The van der Waals surface area contributed by atoms with E-state index in [1.807, 2.05) is 12.3 Å². The lowest BCUT2D eigenvalue weighted by Crippen LogP contribution is -2.09. The summed E-state index contributed by atoms with van der Waals surface area (Å²) < 4.78 is 0. The highest BCUT2D eigenvalue weighted by Crippen LogP contribution is 2.21. The second-order valence-electron chi connectivity index (χ2n) is 2.30. The van der Waals surface area contributed by atoms with Crippen LogP contribution in [0.15, 0.2) is 11.4 Å². The molecule has 0 amide bonds. The van der Waals surface area contributed by atoms with Gasteiger partial charge in [-0.05, 0) is 23.4 Å². The summed E-state index contributed by atoms with van der Waals surface area (Å²) in [5.74, 6) is -1.10. The average molecular weight is 169 g/mol. The highest BCUT2D eigenvalue weighted by molar-refractivity contribution is 7.07. The van der Waals surface area contributed by atoms with Gasteiger partial charge in [-0.1, -0.05) is 6.92 Å². The largest absolute Gasteiger partial charge is 0.481 e. The maximum absolute atomic E-state index is 10.6. The van der Waals surface area contributed by atoms with Gasteiger partial charge in [0.25, 0.3) is 0 Å². The minimum atomic E-state index is -0.751. The van der Waals surface area contributed by atoms with Crippen molar-refractivity contribution in [1.82, 2.24) is 0 Å². The Labute approximate surface area is 69.5 Å². The first-order chi connectivity index (χ1) is 5.25. The zero-order valence-corrected chi connectivity index (χ0v) is 7.02. The van der Waals surface area contributed by atoms with Gasteiger partial charge in [0.15, 0.2) is 0 Å². The molecule has 0 aliphatic heterocycles. The van der Waals surface area contributed by atoms with Gasteiger partial charge < -0.3 is 5.11 Å². The topological polar surface area (TPSA) is 37.3 Å². The average Bonchev–Trinajstić information content (AvgIpc) is 2.40. The lowest BCUT2D eigenvalue weighted by atomic mass is 10.0. The number of carboxylic acids is 1. The number of rotatable bonds is 3. The van der Waals surface area contributed by atoms with E-state index in [0.717, 1.165) is 5.56 Å². The van der Waals surface area contributed by atoms with Crippen molar-refractivity contribution in [2.75, 3.05) is 0 Å². The quantitative estimate of drug-likeness (QED) is 0.752. The van der Waals surface area contributed by atoms with Crippen LogP contribution >= 0.6 is 11.3 Å². The Bertz CT molecular complexity index is 228. The lowest BCUT2D eigenvalue weighted by Gasteiger charge is -2.05. The first-order valence-corrected chi connectivity index (χ1v) is 4.31. The molecule has 0 saturated carbocycles. The smallest absolute Gasteiger partial charge is 0.310 e. The zero-order chi connectivity index (χ0) is 8.27. The summed E-state index contributed by atoms with van der Waals surface area (Å²) in [4.78, 5) is 10.6. The summed E-state index contributed by atoms with van der Waals surface area (Å²) >= 11 is 1.41. The highest BCUT2D eigenvalue weighted by atomic mass is 32.1. The van der Waals surface area contributed by atoms with Gasteiger partial charge in [0.05, 0.1) is 5.92 Å². The predicted molar refractivity (Wildman–Crippen MR) is 43.8 cm³/mol. The molecule has 59 valence electrons. The standard InChI is InChI=1S/C8H9O2S/c1-2-7(8(9)10)6-3-4-11-5-6/h3,5,7H,2H2,1H3,(H,9,10). The SMILES string of the molecule is CCC(C(=O)O)c1c[c]sc1. The van der Waals surface area contributed by atoms with Crippen LogP contribution in [0.3, 0.4) is 0 Å². The van der Waals surface area contributed by atoms with Crippen LogP contribution in [-0.4, -0.2) is 11.1 Å². The second-order valence-corrected chi connectivity index (χ2v) is 3.00. The fraction of sp³-hybridized carbons (Fsp3) is 0.375. The van der Waals surface area contributed by atoms with Gasteiger partial charge >= 0.3 is 5.97 Å². The Morgan fingerprint density at radius 1 is 1.91 bits per heavy atom. The van der Waals surface area contributed by atoms with Crippen LogP contribution in [0.5, 0.6) is 0 Å². The van der Waals surface area contributed by atoms with Crippen LogP contribution < -0.4 is 0 Å². The molecule has 0 bridgehead atoms. The fourth-order valence-electron chi connectivity index (χ4n) is 0.974. The predicted octanol–water partition coefficient (Wildman–Crippen LogP) is 2.13. The molecule has 1 unspecified atom stereocenters. The molecule has 0 fully saturated rings. The van der Waals surface area contributed by atoms with Crippen LogP contribution in [0.4, 0.5) is 0 Å². The molecule has 0 aliphatic carbocycles. The summed E-state index contributed by atoms with van der Waals surface area (Å²) in [6, 6.07) is 1.74. The van der Waals surface area contributed by atoms with E-state index in [9.17, 15) is 4.79 Å². The maximum Gasteiger partial charge on any atom is 0.310 e. The third-order valence-corrected chi connectivity index (χ3v) is 2.24. The van der Waals surface area contributed by atoms with Gasteiger partial charge in [-0.2, -0.15) is 0 Å². The van der Waals surface area contributed by atoms with Crippen LogP contribution in [0, 0.1) is 5.38 Å². The number of carbonyl (C=O) groups is 1. The van der Waals surface area contributed by atoms with Gasteiger partial charge in [-0.15, -0.1) is 11.3 Å². The van der Waals surface area contributed by atoms with Gasteiger partial charge in [0.1, 0.15) is 0 Å². The van der Waals surface area contributed by atoms with Crippen molar-refractivity contribution < 1.29 is 9.90 Å². The number of carboxylic acid groups (broad SMARTS) is 1. The van der Waals surface area contributed by atoms with E-state index in [0.29, 0.717) is 6.42 Å². The molecule has 3 heteroatoms. The Balaban J connectivity index is 2.79. The van der Waals surface area contributed by atoms with Crippen LogP contribution in [0.2, 0.25) is 0 Å². The third-order valence-electron chi connectivity index (χ3n) is 1.60. The Hall–Kier alpha value is -0.830. The molecular formula is C8H9O2S. The highest BCUT2D eigenvalue weighted by Gasteiger charge is 2.17. The molecule has 1 atom stereocenters. The molecule has 0 saturated heterocycles. The summed E-state index contributed by atoms with van der Waals surface area (Å²) in [6.07, 6.45) is 0.639. The third kappa shape index (κ3) is 1.80. The normalized spacial score (nSPS) is 12.8. The molecule has 1 rings (SSSR count). The van der Waals surface area contributed by atoms with Gasteiger partial charge in [-0.3, -0.25) is 4.79 Å². The molecule has 1 aromatic rings. The van der Waals surface area contributed by atoms with E-state index in [4.69, 9.17) is 5.11 Å². The van der Waals surface area contributed by atoms with E-state index >= 15 is 0 Å². The summed E-state index contributed by atoms with van der Waals surface area (Å²) in [6.45, 7) is 1.87. The lowest BCUT2D eigenvalue weighted by molar-refractivity contribution is -0.138. The van der Waals surface area contributed by atoms with E-state index in [-0.39, 0.29) is 5.92 Å². The van der Waals surface area contributed by atoms with Crippen molar-refractivity contribution >= 4 is 17.3 Å². The first kappa shape index (κ1) is 8.27. The second kappa shape index (κ2) is 3.53. The summed E-state index contributed by atoms with van der Waals surface area (Å²) in [5, 5.41) is 13.4. The van der Waals surface area contributed by atoms with Gasteiger partial charge in [0.2, 0.25) is 0 Å². The Morgan fingerprint density at radius 2 is 2.64 bits per heavy atom. The first-order valence-electron chi connectivity index (χ1n) is 3.43. The molecule has 1 aromatic heterocycles. The van der Waals surface area contributed by atoms with E-state index in [1.165, 1.54) is 11.3 Å².